The number of rotatable bonds is 9. The highest BCUT2D eigenvalue weighted by Gasteiger charge is 2.30. The van der Waals surface area contributed by atoms with Gasteiger partial charge in [-0.3, -0.25) is 14.5 Å². The molecule has 1 aliphatic heterocycles. The number of aliphatic carboxylic acids is 1. The van der Waals surface area contributed by atoms with Crippen LogP contribution in [-0.2, 0) is 14.3 Å². The van der Waals surface area contributed by atoms with E-state index < -0.39 is 11.9 Å². The molecule has 0 aliphatic carbocycles. The summed E-state index contributed by atoms with van der Waals surface area (Å²) in [6.07, 6.45) is 3.72. The molecule has 4 rings (SSSR count). The van der Waals surface area contributed by atoms with Crippen LogP contribution >= 0.6 is 22.9 Å². The van der Waals surface area contributed by atoms with Gasteiger partial charge in [0.25, 0.3) is 0 Å². The lowest BCUT2D eigenvalue weighted by Crippen LogP contribution is -2.35. The maximum absolute atomic E-state index is 13.4. The van der Waals surface area contributed by atoms with Crippen molar-refractivity contribution < 1.29 is 24.2 Å². The number of amides is 1. The number of methoxy groups -OCH3 is 1. The Balaban J connectivity index is 1.58. The number of thiazole rings is 1. The van der Waals surface area contributed by atoms with Gasteiger partial charge in [0.2, 0.25) is 11.8 Å². The number of hydrogen-bond acceptors (Lipinski definition) is 7. The van der Waals surface area contributed by atoms with Gasteiger partial charge in [0.1, 0.15) is 0 Å². The first-order chi connectivity index (χ1) is 17.4. The number of pyridine rings is 1. The Morgan fingerprint density at radius 1 is 1.25 bits per heavy atom. The van der Waals surface area contributed by atoms with Crippen LogP contribution in [0.3, 0.4) is 0 Å². The zero-order valence-electron chi connectivity index (χ0n) is 20.1. The second-order valence-electron chi connectivity index (χ2n) is 8.78. The highest BCUT2D eigenvalue weighted by atomic mass is 35.5. The molecular weight excluding hydrogens is 502 g/mol. The number of carboxylic acid groups (broad SMARTS) is 1. The van der Waals surface area contributed by atoms with E-state index >= 15 is 0 Å². The number of carbonyl (C=O) groups excluding carboxylic acids is 1. The Labute approximate surface area is 218 Å². The summed E-state index contributed by atoms with van der Waals surface area (Å²) in [7, 11) is 3.21. The topological polar surface area (TPSA) is 102 Å². The molecule has 1 amide bonds. The number of nitrogens with zero attached hydrogens (tertiary/aromatic N) is 3. The molecule has 10 heteroatoms. The van der Waals surface area contributed by atoms with Crippen molar-refractivity contribution in [2.45, 2.75) is 25.7 Å². The standard InChI is InChI=1S/C26H28ClN3O5S/c1-30(25(33)18(12-24(31)32)11-16-7-9-35-10-8-16)26-29-22(15-36-26)21-13-19(27)4-5-20(21)17-3-6-23(34-2)28-14-17/h3-6,13-16,18H,7-12H2,1-2H3,(H,31,32). The average Bonchev–Trinajstić information content (AvgIpc) is 3.38. The Morgan fingerprint density at radius 3 is 2.69 bits per heavy atom. The van der Waals surface area contributed by atoms with Gasteiger partial charge in [0.15, 0.2) is 5.13 Å². The predicted octanol–water partition coefficient (Wildman–Crippen LogP) is 5.40. The minimum absolute atomic E-state index is 0.207. The molecule has 2 aromatic heterocycles. The second kappa shape index (κ2) is 11.8. The summed E-state index contributed by atoms with van der Waals surface area (Å²) in [5.41, 5.74) is 3.24. The predicted molar refractivity (Wildman–Crippen MR) is 140 cm³/mol. The van der Waals surface area contributed by atoms with Gasteiger partial charge in [0.05, 0.1) is 19.2 Å². The smallest absolute Gasteiger partial charge is 0.304 e. The number of ether oxygens (including phenoxy) is 2. The van der Waals surface area contributed by atoms with Crippen molar-refractivity contribution in [2.75, 3.05) is 32.3 Å². The third-order valence-electron chi connectivity index (χ3n) is 6.35. The Bertz CT molecular complexity index is 1210. The highest BCUT2D eigenvalue weighted by Crippen LogP contribution is 2.37. The Kier molecular flexibility index (Phi) is 8.56. The van der Waals surface area contributed by atoms with E-state index in [0.717, 1.165) is 29.5 Å². The maximum Gasteiger partial charge on any atom is 0.304 e. The molecule has 3 aromatic rings. The van der Waals surface area contributed by atoms with Gasteiger partial charge >= 0.3 is 5.97 Å². The molecule has 1 saturated heterocycles. The maximum atomic E-state index is 13.4. The van der Waals surface area contributed by atoms with Crippen molar-refractivity contribution >= 4 is 39.9 Å². The van der Waals surface area contributed by atoms with Crippen molar-refractivity contribution in [1.29, 1.82) is 0 Å². The van der Waals surface area contributed by atoms with Gasteiger partial charge in [-0.25, -0.2) is 9.97 Å². The molecule has 0 radical (unpaired) electrons. The summed E-state index contributed by atoms with van der Waals surface area (Å²) in [4.78, 5) is 35.4. The molecule has 1 fully saturated rings. The van der Waals surface area contributed by atoms with Gasteiger partial charge in [-0.1, -0.05) is 17.7 Å². The molecule has 0 bridgehead atoms. The molecule has 1 unspecified atom stereocenters. The van der Waals surface area contributed by atoms with E-state index in [0.29, 0.717) is 41.4 Å². The molecule has 190 valence electrons. The van der Waals surface area contributed by atoms with Crippen LogP contribution < -0.4 is 9.64 Å². The van der Waals surface area contributed by atoms with Crippen molar-refractivity contribution in [1.82, 2.24) is 9.97 Å². The fraction of sp³-hybridized carbons (Fsp3) is 0.385. The molecule has 3 heterocycles. The molecule has 0 saturated carbocycles. The van der Waals surface area contributed by atoms with Crippen molar-refractivity contribution in [3.05, 3.63) is 46.9 Å². The van der Waals surface area contributed by atoms with Gasteiger partial charge < -0.3 is 14.6 Å². The van der Waals surface area contributed by atoms with Gasteiger partial charge in [-0.15, -0.1) is 11.3 Å². The van der Waals surface area contributed by atoms with Crippen LogP contribution in [0.5, 0.6) is 5.88 Å². The molecule has 8 nitrogen and oxygen atoms in total. The van der Waals surface area contributed by atoms with Crippen molar-refractivity contribution in [2.24, 2.45) is 11.8 Å². The van der Waals surface area contributed by atoms with E-state index in [9.17, 15) is 14.7 Å². The summed E-state index contributed by atoms with van der Waals surface area (Å²) in [6, 6.07) is 9.24. The van der Waals surface area contributed by atoms with E-state index in [2.05, 4.69) is 4.98 Å². The van der Waals surface area contributed by atoms with E-state index in [4.69, 9.17) is 26.1 Å². The van der Waals surface area contributed by atoms with Crippen LogP contribution in [0.4, 0.5) is 5.13 Å². The van der Waals surface area contributed by atoms with E-state index in [1.54, 1.807) is 32.5 Å². The number of carbonyl (C=O) groups is 2. The normalized spacial score (nSPS) is 14.9. The Morgan fingerprint density at radius 2 is 2.03 bits per heavy atom. The zero-order valence-corrected chi connectivity index (χ0v) is 21.7. The first-order valence-electron chi connectivity index (χ1n) is 11.7. The zero-order chi connectivity index (χ0) is 25.7. The molecule has 1 aromatic carbocycles. The fourth-order valence-electron chi connectivity index (χ4n) is 4.42. The summed E-state index contributed by atoms with van der Waals surface area (Å²) < 4.78 is 10.6. The molecule has 0 spiro atoms. The van der Waals surface area contributed by atoms with Crippen molar-refractivity contribution in [3.63, 3.8) is 0 Å². The number of halogens is 1. The molecule has 1 atom stereocenters. The van der Waals surface area contributed by atoms with Crippen LogP contribution in [0.2, 0.25) is 5.02 Å². The van der Waals surface area contributed by atoms with E-state index in [-0.39, 0.29) is 18.2 Å². The van der Waals surface area contributed by atoms with E-state index in [1.165, 1.54) is 16.2 Å². The van der Waals surface area contributed by atoms with Gasteiger partial charge in [-0.2, -0.15) is 0 Å². The lowest BCUT2D eigenvalue weighted by Gasteiger charge is -2.27. The number of hydrogen-bond donors (Lipinski definition) is 1. The lowest BCUT2D eigenvalue weighted by atomic mass is 9.86. The molecule has 1 aliphatic rings. The number of benzene rings is 1. The van der Waals surface area contributed by atoms with Crippen LogP contribution in [0.25, 0.3) is 22.4 Å². The number of carboxylic acids is 1. The van der Waals surface area contributed by atoms with Crippen LogP contribution in [0.15, 0.2) is 41.9 Å². The highest BCUT2D eigenvalue weighted by molar-refractivity contribution is 7.14. The fourth-order valence-corrected chi connectivity index (χ4v) is 5.39. The summed E-state index contributed by atoms with van der Waals surface area (Å²) in [5.74, 6) is -1.04. The quantitative estimate of drug-likeness (QED) is 0.395. The molecule has 1 N–H and O–H groups in total. The third-order valence-corrected chi connectivity index (χ3v) is 7.50. The van der Waals surface area contributed by atoms with Crippen LogP contribution in [-0.4, -0.2) is 54.3 Å². The minimum Gasteiger partial charge on any atom is -0.481 e. The first-order valence-corrected chi connectivity index (χ1v) is 12.9. The first kappa shape index (κ1) is 26.1. The lowest BCUT2D eigenvalue weighted by molar-refractivity contribution is -0.141. The molecule has 36 heavy (non-hydrogen) atoms. The second-order valence-corrected chi connectivity index (χ2v) is 10.1. The largest absolute Gasteiger partial charge is 0.481 e. The van der Waals surface area contributed by atoms with Crippen molar-refractivity contribution in [3.8, 4) is 28.3 Å². The minimum atomic E-state index is -0.981. The van der Waals surface area contributed by atoms with E-state index in [1.807, 2.05) is 23.6 Å². The third kappa shape index (κ3) is 6.21. The monoisotopic (exact) mass is 529 g/mol. The van der Waals surface area contributed by atoms with Crippen LogP contribution in [0, 0.1) is 11.8 Å². The SMILES string of the molecule is COc1ccc(-c2ccc(Cl)cc2-c2csc(N(C)C(=O)C(CC(=O)O)CC3CCOCC3)n2)cn1. The average molecular weight is 530 g/mol. The van der Waals surface area contributed by atoms with Gasteiger partial charge in [-0.05, 0) is 48.9 Å². The Hall–Kier alpha value is -3.01. The summed E-state index contributed by atoms with van der Waals surface area (Å²) in [6.45, 7) is 1.30. The summed E-state index contributed by atoms with van der Waals surface area (Å²) in [5, 5.41) is 12.4. The molecular formula is C26H28ClN3O5S. The number of anilines is 1. The van der Waals surface area contributed by atoms with Crippen LogP contribution in [0.1, 0.15) is 25.7 Å². The number of aromatic nitrogens is 2. The summed E-state index contributed by atoms with van der Waals surface area (Å²) >= 11 is 7.64. The van der Waals surface area contributed by atoms with Gasteiger partial charge in [0, 0.05) is 60.0 Å².